The number of nitrogens with one attached hydrogen (secondary N) is 3. The zero-order valence-electron chi connectivity index (χ0n) is 45.1. The van der Waals surface area contributed by atoms with Crippen LogP contribution >= 0.6 is 47.0 Å². The van der Waals surface area contributed by atoms with Gasteiger partial charge in [0.2, 0.25) is 35.1 Å². The zero-order valence-corrected chi connectivity index (χ0v) is 48.2. The van der Waals surface area contributed by atoms with Crippen LogP contribution in [0.4, 0.5) is 3.89 Å². The lowest BCUT2D eigenvalue weighted by molar-refractivity contribution is 0.0915. The number of hydrogen-bond donors (Lipinski definition) is 3. The first-order valence-electron chi connectivity index (χ1n) is 25.9. The summed E-state index contributed by atoms with van der Waals surface area (Å²) < 4.78 is 31.0. The molecule has 0 aliphatic heterocycles. The third-order valence-electron chi connectivity index (χ3n) is 13.2. The SMILES string of the molecule is C.C.C.CC(NC(=O)c1cc(C2CC2)nn1C)c1nc(-c2ccc(Cl)cc2)no1.CSF.C[C@@H](NC(=O)c1cc(C2CC2)nn1C)c1nc(-c2ccc(Cl)cc2)no1.C[C@H](NC(=O)c1cc(C2CC2)nn1C)c1nc(-c2ccc(Cl)cc2)no1. The molecule has 446 valence electrons. The minimum Gasteiger partial charge on any atom is -0.339 e. The number of carbonyl (C=O) groups is 3. The molecule has 12 rings (SSSR count). The van der Waals surface area contributed by atoms with E-state index in [4.69, 9.17) is 48.4 Å². The monoisotopic (exact) mass is 1230 g/mol. The molecule has 0 saturated heterocycles. The van der Waals surface area contributed by atoms with Crippen LogP contribution in [0.15, 0.2) is 105 Å². The van der Waals surface area contributed by atoms with E-state index in [0.29, 0.717) is 85.0 Å². The van der Waals surface area contributed by atoms with E-state index < -0.39 is 18.1 Å². The van der Waals surface area contributed by atoms with E-state index in [1.54, 1.807) is 92.4 Å². The molecular weight excluding hydrogens is 1160 g/mol. The summed E-state index contributed by atoms with van der Waals surface area (Å²) in [5.74, 6) is 3.22. The highest BCUT2D eigenvalue weighted by Crippen LogP contribution is 2.41. The van der Waals surface area contributed by atoms with Crippen molar-refractivity contribution in [1.82, 2.24) is 75.7 Å². The van der Waals surface area contributed by atoms with Crippen LogP contribution in [0.5, 0.6) is 0 Å². The Bertz CT molecular complexity index is 3240. The van der Waals surface area contributed by atoms with Crippen molar-refractivity contribution in [2.45, 2.75) is 117 Å². The Kier molecular flexibility index (Phi) is 22.7. The highest BCUT2D eigenvalue weighted by Gasteiger charge is 2.31. The Balaban J connectivity index is 0.000000194. The number of hydrogen-bond acceptors (Lipinski definition) is 16. The summed E-state index contributed by atoms with van der Waals surface area (Å²) in [6, 6.07) is 25.8. The highest BCUT2D eigenvalue weighted by molar-refractivity contribution is 7.93. The molecule has 84 heavy (non-hydrogen) atoms. The number of aromatic nitrogens is 12. The molecule has 3 atom stereocenters. The first-order chi connectivity index (χ1) is 38.9. The molecule has 0 radical (unpaired) electrons. The molecule has 9 aromatic rings. The molecule has 0 spiro atoms. The van der Waals surface area contributed by atoms with Crippen LogP contribution in [0.1, 0.15) is 184 Å². The van der Waals surface area contributed by atoms with Gasteiger partial charge in [0.25, 0.3) is 17.7 Å². The normalized spacial score (nSPS) is 14.2. The van der Waals surface area contributed by atoms with Gasteiger partial charge in [-0.25, -0.2) is 0 Å². The van der Waals surface area contributed by atoms with Crippen LogP contribution in [0.2, 0.25) is 15.1 Å². The fraction of sp³-hybridized carbons (Fsp3) is 0.379. The minimum absolute atomic E-state index is 0. The van der Waals surface area contributed by atoms with E-state index in [1.165, 1.54) is 6.26 Å². The number of rotatable bonds is 15. The number of nitrogens with zero attached hydrogens (tertiary/aromatic N) is 12. The van der Waals surface area contributed by atoms with Gasteiger partial charge in [-0.2, -0.15) is 34.1 Å². The van der Waals surface area contributed by atoms with Gasteiger partial charge < -0.3 is 29.5 Å². The molecule has 3 N–H and O–H groups in total. The lowest BCUT2D eigenvalue weighted by Gasteiger charge is -2.09. The minimum atomic E-state index is -0.421. The Hall–Kier alpha value is -7.73. The molecule has 0 bridgehead atoms. The smallest absolute Gasteiger partial charge is 0.270 e. The van der Waals surface area contributed by atoms with Crippen molar-refractivity contribution in [3.8, 4) is 34.2 Å². The maximum absolute atomic E-state index is 12.5. The largest absolute Gasteiger partial charge is 0.339 e. The average Bonchev–Trinajstić information content (AvgIpc) is 4.58. The van der Waals surface area contributed by atoms with Gasteiger partial charge in [-0.3, -0.25) is 28.4 Å². The maximum Gasteiger partial charge on any atom is 0.270 e. The fourth-order valence-electron chi connectivity index (χ4n) is 8.22. The third kappa shape index (κ3) is 16.8. The number of aryl methyl sites for hydroxylation is 3. The fourth-order valence-corrected chi connectivity index (χ4v) is 8.60. The van der Waals surface area contributed by atoms with Gasteiger partial charge in [0.1, 0.15) is 35.2 Å². The lowest BCUT2D eigenvalue weighted by atomic mass is 10.2. The molecule has 26 heteroatoms. The second-order valence-corrected chi connectivity index (χ2v) is 21.3. The van der Waals surface area contributed by atoms with Gasteiger partial charge in [0.15, 0.2) is 0 Å². The number of carbonyl (C=O) groups excluding carboxylic acids is 3. The predicted molar refractivity (Wildman–Crippen MR) is 322 cm³/mol. The third-order valence-corrected chi connectivity index (χ3v) is 13.9. The number of halogens is 4. The van der Waals surface area contributed by atoms with E-state index in [2.05, 4.69) is 61.7 Å². The van der Waals surface area contributed by atoms with Crippen molar-refractivity contribution >= 4 is 64.7 Å². The van der Waals surface area contributed by atoms with Gasteiger partial charge in [0.05, 0.1) is 17.1 Å². The number of amides is 3. The van der Waals surface area contributed by atoms with Crippen LogP contribution in [0.25, 0.3) is 34.2 Å². The van der Waals surface area contributed by atoms with Crippen molar-refractivity contribution in [1.29, 1.82) is 0 Å². The molecule has 3 aliphatic rings. The van der Waals surface area contributed by atoms with Gasteiger partial charge in [-0.1, -0.05) is 72.6 Å². The molecule has 1 unspecified atom stereocenters. The molecule has 3 saturated carbocycles. The van der Waals surface area contributed by atoms with Crippen LogP contribution in [0, 0.1) is 0 Å². The first-order valence-corrected chi connectivity index (χ1v) is 28.2. The summed E-state index contributed by atoms with van der Waals surface area (Å²) in [7, 11) is 5.32. The molecule has 3 amide bonds. The molecule has 21 nitrogen and oxygen atoms in total. The van der Waals surface area contributed by atoms with Crippen molar-refractivity contribution in [2.24, 2.45) is 21.1 Å². The summed E-state index contributed by atoms with van der Waals surface area (Å²) in [4.78, 5) is 50.7. The van der Waals surface area contributed by atoms with Gasteiger partial charge in [-0.15, -0.1) is 0 Å². The zero-order chi connectivity index (χ0) is 57.5. The van der Waals surface area contributed by atoms with Gasteiger partial charge >= 0.3 is 0 Å². The predicted octanol–water partition coefficient (Wildman–Crippen LogP) is 13.6. The topological polar surface area (TPSA) is 258 Å². The summed E-state index contributed by atoms with van der Waals surface area (Å²) >= 11 is 17.9. The summed E-state index contributed by atoms with van der Waals surface area (Å²) in [5.41, 5.74) is 6.90. The van der Waals surface area contributed by atoms with Crippen LogP contribution in [0.3, 0.4) is 0 Å². The highest BCUT2D eigenvalue weighted by atomic mass is 35.5. The molecular formula is C58H69Cl3FN15O6S. The summed E-state index contributed by atoms with van der Waals surface area (Å²) in [5, 5.41) is 35.7. The number of benzene rings is 3. The van der Waals surface area contributed by atoms with Crippen LogP contribution < -0.4 is 16.0 Å². The molecule has 6 aromatic heterocycles. The van der Waals surface area contributed by atoms with E-state index in [-0.39, 0.29) is 52.1 Å². The van der Waals surface area contributed by atoms with E-state index in [1.807, 2.05) is 54.6 Å². The Morgan fingerprint density at radius 1 is 0.488 bits per heavy atom. The standard InChI is InChI=1S/3C18H18ClN5O2.CH3FS.3CH4/c3*1-10(18-21-16(23-26-18)12-5-7-13(19)8-6-12)20-17(25)15-9-14(11-3-4-11)22-24(15)2;1-3-2;;;/h3*5-11H,3-4H2,1-2H3,(H,20,25);1H3;3*1H4/t2*10-;;;;;/m10...../s1. The van der Waals surface area contributed by atoms with E-state index >= 15 is 0 Å². The average molecular weight is 1230 g/mol. The summed E-state index contributed by atoms with van der Waals surface area (Å²) in [6.07, 6.45) is 8.23. The quantitative estimate of drug-likeness (QED) is 0.0862. The Morgan fingerprint density at radius 2 is 0.714 bits per heavy atom. The van der Waals surface area contributed by atoms with Crippen molar-refractivity contribution in [3.63, 3.8) is 0 Å². The van der Waals surface area contributed by atoms with Crippen LogP contribution in [-0.2, 0) is 21.1 Å². The summed E-state index contributed by atoms with van der Waals surface area (Å²) in [6.45, 7) is 5.40. The lowest BCUT2D eigenvalue weighted by Crippen LogP contribution is -2.28. The molecule has 3 fully saturated rings. The molecule has 3 aliphatic carbocycles. The van der Waals surface area contributed by atoms with Gasteiger partial charge in [0, 0.05) is 89.1 Å². The van der Waals surface area contributed by atoms with E-state index in [0.717, 1.165) is 72.3 Å². The van der Waals surface area contributed by atoms with Crippen molar-refractivity contribution in [3.05, 3.63) is 158 Å². The Morgan fingerprint density at radius 3 is 0.929 bits per heavy atom. The van der Waals surface area contributed by atoms with Crippen molar-refractivity contribution < 1.29 is 31.8 Å². The second kappa shape index (κ2) is 29.2. The molecule has 6 heterocycles. The van der Waals surface area contributed by atoms with Crippen molar-refractivity contribution in [2.75, 3.05) is 6.26 Å². The Labute approximate surface area is 506 Å². The van der Waals surface area contributed by atoms with Crippen LogP contribution in [-0.4, -0.2) is 83.7 Å². The molecule has 3 aromatic carbocycles. The van der Waals surface area contributed by atoms with E-state index in [9.17, 15) is 18.3 Å². The van der Waals surface area contributed by atoms with Gasteiger partial charge in [-0.05, 0) is 150 Å². The second-order valence-electron chi connectivity index (χ2n) is 19.7. The first kappa shape index (κ1) is 65.4. The maximum atomic E-state index is 12.5.